The third-order valence-electron chi connectivity index (χ3n) is 2.75. The van der Waals surface area contributed by atoms with Gasteiger partial charge in [-0.2, -0.15) is 0 Å². The molecule has 0 spiro atoms. The van der Waals surface area contributed by atoms with Gasteiger partial charge in [0.25, 0.3) is 5.91 Å². The van der Waals surface area contributed by atoms with Crippen molar-refractivity contribution in [1.29, 1.82) is 0 Å². The van der Waals surface area contributed by atoms with Crippen molar-refractivity contribution < 1.29 is 9.18 Å². The minimum absolute atomic E-state index is 0.246. The number of hydrogen-bond acceptors (Lipinski definition) is 3. The van der Waals surface area contributed by atoms with E-state index in [9.17, 15) is 9.18 Å². The van der Waals surface area contributed by atoms with E-state index in [1.807, 2.05) is 0 Å². The van der Waals surface area contributed by atoms with E-state index in [2.05, 4.69) is 5.32 Å². The smallest absolute Gasteiger partial charge is 0.254 e. The lowest BCUT2D eigenvalue weighted by Crippen LogP contribution is -2.19. The third kappa shape index (κ3) is 1.97. The number of benzene rings is 1. The van der Waals surface area contributed by atoms with Gasteiger partial charge >= 0.3 is 0 Å². The van der Waals surface area contributed by atoms with Crippen molar-refractivity contribution in [2.24, 2.45) is 0 Å². The first-order valence-electron chi connectivity index (χ1n) is 5.42. The summed E-state index contributed by atoms with van der Waals surface area (Å²) >= 11 is 1.23. The molecule has 0 unspecified atom stereocenters. The summed E-state index contributed by atoms with van der Waals surface area (Å²) in [4.78, 5) is 12.4. The third-order valence-corrected chi connectivity index (χ3v) is 3.90. The highest BCUT2D eigenvalue weighted by atomic mass is 32.1. The van der Waals surface area contributed by atoms with Gasteiger partial charge in [-0.1, -0.05) is 18.2 Å². The van der Waals surface area contributed by atoms with Crippen LogP contribution in [0.15, 0.2) is 24.3 Å². The number of nitrogens with one attached hydrogen (secondary N) is 1. The van der Waals surface area contributed by atoms with Crippen LogP contribution >= 0.6 is 11.3 Å². The molecular formula is C13H13FN2OS. The molecule has 94 valence electrons. The van der Waals surface area contributed by atoms with Gasteiger partial charge in [0.1, 0.15) is 5.82 Å². The summed E-state index contributed by atoms with van der Waals surface area (Å²) in [6.45, 7) is 1.78. The average Bonchev–Trinajstić information content (AvgIpc) is 2.65. The van der Waals surface area contributed by atoms with Gasteiger partial charge in [0.05, 0.1) is 10.6 Å². The standard InChI is InChI=1S/C13H13FN2OS/c1-7-10(13(17)16-2)12(15)18-11(7)8-5-3-4-6-9(8)14/h3-6H,15H2,1-2H3,(H,16,17). The molecule has 0 aliphatic carbocycles. The zero-order chi connectivity index (χ0) is 13.3. The second-order valence-electron chi connectivity index (χ2n) is 3.85. The predicted molar refractivity (Wildman–Crippen MR) is 72.3 cm³/mol. The zero-order valence-corrected chi connectivity index (χ0v) is 10.9. The maximum absolute atomic E-state index is 13.7. The van der Waals surface area contributed by atoms with E-state index in [0.29, 0.717) is 26.6 Å². The van der Waals surface area contributed by atoms with Gasteiger partial charge < -0.3 is 11.1 Å². The lowest BCUT2D eigenvalue weighted by atomic mass is 10.1. The molecule has 0 fully saturated rings. The average molecular weight is 264 g/mol. The summed E-state index contributed by atoms with van der Waals surface area (Å²) in [5.74, 6) is -0.561. The summed E-state index contributed by atoms with van der Waals surface area (Å²) in [6.07, 6.45) is 0. The van der Waals surface area contributed by atoms with E-state index in [4.69, 9.17) is 5.73 Å². The van der Waals surface area contributed by atoms with Crippen molar-refractivity contribution in [3.63, 3.8) is 0 Å². The molecule has 0 bridgehead atoms. The molecule has 2 rings (SSSR count). The van der Waals surface area contributed by atoms with Crippen molar-refractivity contribution in [1.82, 2.24) is 5.32 Å². The summed E-state index contributed by atoms with van der Waals surface area (Å²) in [5, 5.41) is 2.94. The Balaban J connectivity index is 2.62. The number of nitrogens with two attached hydrogens (primary N) is 1. The van der Waals surface area contributed by atoms with Crippen LogP contribution in [0.2, 0.25) is 0 Å². The van der Waals surface area contributed by atoms with E-state index in [0.717, 1.165) is 0 Å². The molecular weight excluding hydrogens is 251 g/mol. The molecule has 18 heavy (non-hydrogen) atoms. The van der Waals surface area contributed by atoms with Crippen LogP contribution < -0.4 is 11.1 Å². The van der Waals surface area contributed by atoms with E-state index in [-0.39, 0.29) is 11.7 Å². The van der Waals surface area contributed by atoms with Crippen LogP contribution in [0.5, 0.6) is 0 Å². The molecule has 5 heteroatoms. The minimum atomic E-state index is -0.315. The fourth-order valence-corrected chi connectivity index (χ4v) is 2.94. The molecule has 0 aliphatic rings. The quantitative estimate of drug-likeness (QED) is 0.876. The fraction of sp³-hybridized carbons (Fsp3) is 0.154. The predicted octanol–water partition coefficient (Wildman–Crippen LogP) is 2.80. The Kier molecular flexibility index (Phi) is 3.34. The summed E-state index contributed by atoms with van der Waals surface area (Å²) in [7, 11) is 1.54. The summed E-state index contributed by atoms with van der Waals surface area (Å²) in [5.41, 5.74) is 7.46. The molecule has 0 saturated heterocycles. The molecule has 1 amide bonds. The van der Waals surface area contributed by atoms with Crippen LogP contribution in [0.4, 0.5) is 9.39 Å². The molecule has 0 atom stereocenters. The van der Waals surface area contributed by atoms with Crippen molar-refractivity contribution in [3.05, 3.63) is 41.2 Å². The van der Waals surface area contributed by atoms with E-state index >= 15 is 0 Å². The molecule has 1 heterocycles. The first kappa shape index (κ1) is 12.6. The van der Waals surface area contributed by atoms with Crippen LogP contribution in [-0.2, 0) is 0 Å². The number of carbonyl (C=O) groups is 1. The van der Waals surface area contributed by atoms with E-state index in [1.54, 1.807) is 32.2 Å². The Morgan fingerprint density at radius 3 is 2.67 bits per heavy atom. The number of amides is 1. The summed E-state index contributed by atoms with van der Waals surface area (Å²) < 4.78 is 13.7. The Morgan fingerprint density at radius 1 is 1.39 bits per heavy atom. The number of carbonyl (C=O) groups excluding carboxylic acids is 1. The number of thiophene rings is 1. The lowest BCUT2D eigenvalue weighted by Gasteiger charge is -2.03. The first-order valence-corrected chi connectivity index (χ1v) is 6.23. The van der Waals surface area contributed by atoms with E-state index < -0.39 is 0 Å². The highest BCUT2D eigenvalue weighted by Crippen LogP contribution is 2.38. The van der Waals surface area contributed by atoms with Gasteiger partial charge in [-0.3, -0.25) is 4.79 Å². The monoisotopic (exact) mass is 264 g/mol. The molecule has 3 nitrogen and oxygen atoms in total. The van der Waals surface area contributed by atoms with Crippen molar-refractivity contribution in [3.8, 4) is 10.4 Å². The SMILES string of the molecule is CNC(=O)c1c(N)sc(-c2ccccc2F)c1C. The molecule has 0 radical (unpaired) electrons. The largest absolute Gasteiger partial charge is 0.390 e. The molecule has 0 saturated carbocycles. The fourth-order valence-electron chi connectivity index (χ4n) is 1.85. The number of nitrogen functional groups attached to an aromatic ring is 1. The van der Waals surface area contributed by atoms with Gasteiger partial charge in [0.15, 0.2) is 0 Å². The zero-order valence-electron chi connectivity index (χ0n) is 10.1. The molecule has 1 aromatic carbocycles. The van der Waals surface area contributed by atoms with Crippen LogP contribution in [0.1, 0.15) is 15.9 Å². The maximum atomic E-state index is 13.7. The lowest BCUT2D eigenvalue weighted by molar-refractivity contribution is 0.0964. The van der Waals surface area contributed by atoms with E-state index in [1.165, 1.54) is 17.4 Å². The topological polar surface area (TPSA) is 55.1 Å². The Morgan fingerprint density at radius 2 is 2.06 bits per heavy atom. The number of rotatable bonds is 2. The van der Waals surface area contributed by atoms with Crippen molar-refractivity contribution >= 4 is 22.2 Å². The van der Waals surface area contributed by atoms with Crippen LogP contribution in [0, 0.1) is 12.7 Å². The second kappa shape index (κ2) is 4.78. The first-order chi connectivity index (χ1) is 8.56. The summed E-state index contributed by atoms with van der Waals surface area (Å²) in [6, 6.07) is 6.46. The minimum Gasteiger partial charge on any atom is -0.390 e. The highest BCUT2D eigenvalue weighted by molar-refractivity contribution is 7.19. The Bertz CT molecular complexity index is 607. The van der Waals surface area contributed by atoms with Crippen molar-refractivity contribution in [2.45, 2.75) is 6.92 Å². The Hall–Kier alpha value is -1.88. The second-order valence-corrected chi connectivity index (χ2v) is 4.91. The number of anilines is 1. The van der Waals surface area contributed by atoms with Gasteiger partial charge in [0.2, 0.25) is 0 Å². The van der Waals surface area contributed by atoms with Crippen molar-refractivity contribution in [2.75, 3.05) is 12.8 Å². The molecule has 0 aliphatic heterocycles. The van der Waals surface area contributed by atoms with Gasteiger partial charge in [0, 0.05) is 17.5 Å². The number of halogens is 1. The van der Waals surface area contributed by atoms with Gasteiger partial charge in [-0.15, -0.1) is 11.3 Å². The molecule has 3 N–H and O–H groups in total. The van der Waals surface area contributed by atoms with Crippen LogP contribution in [0.25, 0.3) is 10.4 Å². The number of hydrogen-bond donors (Lipinski definition) is 2. The Labute approximate surface area is 108 Å². The van der Waals surface area contributed by atoms with Gasteiger partial charge in [-0.25, -0.2) is 4.39 Å². The highest BCUT2D eigenvalue weighted by Gasteiger charge is 2.20. The maximum Gasteiger partial charge on any atom is 0.254 e. The normalized spacial score (nSPS) is 10.4. The van der Waals surface area contributed by atoms with Crippen LogP contribution in [0.3, 0.4) is 0 Å². The van der Waals surface area contributed by atoms with Crippen LogP contribution in [-0.4, -0.2) is 13.0 Å². The van der Waals surface area contributed by atoms with Gasteiger partial charge in [-0.05, 0) is 18.6 Å². The molecule has 2 aromatic rings. The molecule has 1 aromatic heterocycles.